The van der Waals surface area contributed by atoms with E-state index in [2.05, 4.69) is 36.5 Å². The van der Waals surface area contributed by atoms with Crippen molar-refractivity contribution in [2.24, 2.45) is 0 Å². The minimum Gasteiger partial charge on any atom is -0.313 e. The van der Waals surface area contributed by atoms with Gasteiger partial charge < -0.3 is 10.5 Å². The van der Waals surface area contributed by atoms with Gasteiger partial charge in [0.15, 0.2) is 0 Å². The number of hydrogen-bond acceptors (Lipinski definition) is 2. The predicted octanol–water partition coefficient (Wildman–Crippen LogP) is 3.22. The molecule has 0 radical (unpaired) electrons. The lowest BCUT2D eigenvalue weighted by molar-refractivity contribution is -0.129. The van der Waals surface area contributed by atoms with Gasteiger partial charge in [0.1, 0.15) is 0 Å². The lowest BCUT2D eigenvalue weighted by Gasteiger charge is -2.06. The first-order valence-electron chi connectivity index (χ1n) is 9.00. The van der Waals surface area contributed by atoms with Gasteiger partial charge in [-0.25, -0.2) is 0 Å². The van der Waals surface area contributed by atoms with Crippen LogP contribution < -0.4 is 10.8 Å². The molecule has 1 aromatic rings. The molecule has 0 aliphatic carbocycles. The van der Waals surface area contributed by atoms with Gasteiger partial charge in [0, 0.05) is 13.0 Å². The van der Waals surface area contributed by atoms with Crippen molar-refractivity contribution in [2.45, 2.75) is 71.3 Å². The van der Waals surface area contributed by atoms with Crippen LogP contribution >= 0.6 is 0 Å². The second-order valence-corrected chi connectivity index (χ2v) is 6.16. The Balaban J connectivity index is 2.06. The highest BCUT2D eigenvalue weighted by molar-refractivity contribution is 5.74. The van der Waals surface area contributed by atoms with E-state index in [1.807, 2.05) is 5.48 Å². The normalized spacial score (nSPS) is 10.7. The molecule has 0 bridgehead atoms. The molecule has 0 saturated carbocycles. The summed E-state index contributed by atoms with van der Waals surface area (Å²) in [6.45, 7) is 4.24. The summed E-state index contributed by atoms with van der Waals surface area (Å²) in [7, 11) is 0. The molecule has 1 aromatic carbocycles. The van der Waals surface area contributed by atoms with Crippen molar-refractivity contribution in [2.75, 3.05) is 6.54 Å². The zero-order valence-electron chi connectivity index (χ0n) is 14.5. The molecule has 4 N–H and O–H groups in total. The van der Waals surface area contributed by atoms with Crippen LogP contribution in [0.5, 0.6) is 0 Å². The third-order valence-corrected chi connectivity index (χ3v) is 4.09. The van der Waals surface area contributed by atoms with Gasteiger partial charge in [-0.1, -0.05) is 69.7 Å². The molecule has 0 heterocycles. The van der Waals surface area contributed by atoms with E-state index in [9.17, 15) is 4.79 Å². The Morgan fingerprint density at radius 1 is 0.957 bits per heavy atom. The van der Waals surface area contributed by atoms with E-state index in [-0.39, 0.29) is 5.91 Å². The molecule has 0 saturated heterocycles. The number of amides is 1. The van der Waals surface area contributed by atoms with Crippen molar-refractivity contribution in [1.29, 1.82) is 0 Å². The van der Waals surface area contributed by atoms with E-state index in [4.69, 9.17) is 5.21 Å². The highest BCUT2D eigenvalue weighted by Gasteiger charge is 2.02. The largest absolute Gasteiger partial charge is 0.313 e. The summed E-state index contributed by atoms with van der Waals surface area (Å²) in [6, 6.07) is 8.38. The van der Waals surface area contributed by atoms with Crippen LogP contribution in [0.2, 0.25) is 0 Å². The quantitative estimate of drug-likeness (QED) is 0.333. The highest BCUT2D eigenvalue weighted by atomic mass is 16.5. The fourth-order valence-electron chi connectivity index (χ4n) is 2.58. The third-order valence-electron chi connectivity index (χ3n) is 4.09. The topological polar surface area (TPSA) is 64.0 Å². The second kappa shape index (κ2) is 13.1. The van der Waals surface area contributed by atoms with E-state index >= 15 is 0 Å². The average molecular weight is 321 g/mol. The minimum absolute atomic E-state index is 0.231. The summed E-state index contributed by atoms with van der Waals surface area (Å²) in [5.74, 6) is -0.231. The Bertz CT molecular complexity index is 418. The van der Waals surface area contributed by atoms with Gasteiger partial charge in [0.2, 0.25) is 0 Å². The lowest BCUT2D eigenvalue weighted by Crippen LogP contribution is -2.18. The van der Waals surface area contributed by atoms with E-state index < -0.39 is 0 Å². The molecule has 4 nitrogen and oxygen atoms in total. The molecule has 23 heavy (non-hydrogen) atoms. The summed E-state index contributed by atoms with van der Waals surface area (Å²) < 4.78 is 0. The zero-order valence-corrected chi connectivity index (χ0v) is 14.5. The number of aryl methyl sites for hydroxylation is 1. The SMILES string of the molecule is CCCCCCCCCNCc1ccc(CCC(=O)N[OH2+])cc1. The van der Waals surface area contributed by atoms with Gasteiger partial charge in [-0.3, -0.25) is 4.79 Å². The number of rotatable bonds is 13. The van der Waals surface area contributed by atoms with E-state index in [0.29, 0.717) is 12.8 Å². The number of carbonyl (C=O) groups is 1. The summed E-state index contributed by atoms with van der Waals surface area (Å²) in [4.78, 5) is 11.0. The molecule has 1 amide bonds. The Morgan fingerprint density at radius 3 is 2.22 bits per heavy atom. The number of hydrogen-bond donors (Lipinski definition) is 2. The molecule has 0 aliphatic heterocycles. The van der Waals surface area contributed by atoms with Crippen LogP contribution in [0.25, 0.3) is 0 Å². The van der Waals surface area contributed by atoms with E-state index in [1.165, 1.54) is 50.5 Å². The van der Waals surface area contributed by atoms with Crippen molar-refractivity contribution in [3.8, 4) is 0 Å². The molecule has 0 atom stereocenters. The predicted molar refractivity (Wildman–Crippen MR) is 96.2 cm³/mol. The number of hydroxylamine groups is 1. The molecule has 1 rings (SSSR count). The van der Waals surface area contributed by atoms with E-state index in [1.54, 1.807) is 0 Å². The Labute approximate surface area is 140 Å². The molecule has 4 heteroatoms. The zero-order chi connectivity index (χ0) is 16.8. The van der Waals surface area contributed by atoms with Crippen LogP contribution in [-0.4, -0.2) is 17.7 Å². The van der Waals surface area contributed by atoms with Crippen LogP contribution in [0.15, 0.2) is 24.3 Å². The molecule has 0 fully saturated rings. The monoisotopic (exact) mass is 321 g/mol. The summed E-state index contributed by atoms with van der Waals surface area (Å²) in [6.07, 6.45) is 10.5. The first-order chi connectivity index (χ1) is 11.3. The average Bonchev–Trinajstić information content (AvgIpc) is 2.59. The minimum atomic E-state index is -0.231. The molecule has 0 spiro atoms. The molecular weight excluding hydrogens is 288 g/mol. The van der Waals surface area contributed by atoms with E-state index in [0.717, 1.165) is 18.7 Å². The molecule has 0 aromatic heterocycles. The number of benzene rings is 1. The lowest BCUT2D eigenvalue weighted by atomic mass is 10.1. The third kappa shape index (κ3) is 10.1. The number of nitrogens with one attached hydrogen (secondary N) is 2. The molecular formula is C19H33N2O2+. The Morgan fingerprint density at radius 2 is 1.57 bits per heavy atom. The van der Waals surface area contributed by atoms with Crippen molar-refractivity contribution < 1.29 is 10.0 Å². The maximum atomic E-state index is 11.0. The Hall–Kier alpha value is -1.39. The standard InChI is InChI=1S/C19H32N2O2/c1-2-3-4-5-6-7-8-15-20-16-18-11-9-17(10-12-18)13-14-19(22)21-23/h9-12,20,23H,2-8,13-16H2,1H3,(H,21,22)/p+1. The van der Waals surface area contributed by atoms with Gasteiger partial charge >= 0.3 is 0 Å². The van der Waals surface area contributed by atoms with Crippen LogP contribution in [-0.2, 0) is 17.8 Å². The number of carbonyl (C=O) groups excluding carboxylic acids is 1. The first-order valence-corrected chi connectivity index (χ1v) is 9.00. The van der Waals surface area contributed by atoms with Crippen LogP contribution in [0.1, 0.15) is 69.4 Å². The summed E-state index contributed by atoms with van der Waals surface area (Å²) in [5.41, 5.74) is 4.33. The van der Waals surface area contributed by atoms with Gasteiger partial charge in [-0.15, -0.1) is 5.48 Å². The molecule has 130 valence electrons. The summed E-state index contributed by atoms with van der Waals surface area (Å²) in [5, 5.41) is 10.3. The fraction of sp³-hybridized carbons (Fsp3) is 0.632. The van der Waals surface area contributed by atoms with Crippen molar-refractivity contribution in [3.05, 3.63) is 35.4 Å². The van der Waals surface area contributed by atoms with Gasteiger partial charge in [0.25, 0.3) is 5.91 Å². The summed E-state index contributed by atoms with van der Waals surface area (Å²) >= 11 is 0. The Kier molecular flexibility index (Phi) is 11.2. The van der Waals surface area contributed by atoms with Crippen LogP contribution in [0.4, 0.5) is 0 Å². The smallest absolute Gasteiger partial charge is 0.283 e. The van der Waals surface area contributed by atoms with Crippen molar-refractivity contribution >= 4 is 5.91 Å². The van der Waals surface area contributed by atoms with Gasteiger partial charge in [-0.05, 0) is 30.5 Å². The maximum Gasteiger partial charge on any atom is 0.283 e. The van der Waals surface area contributed by atoms with Crippen LogP contribution in [0.3, 0.4) is 0 Å². The second-order valence-electron chi connectivity index (χ2n) is 6.16. The van der Waals surface area contributed by atoms with Gasteiger partial charge in [-0.2, -0.15) is 0 Å². The number of unbranched alkanes of at least 4 members (excludes halogenated alkanes) is 6. The van der Waals surface area contributed by atoms with Gasteiger partial charge in [0.05, 0.1) is 0 Å². The van der Waals surface area contributed by atoms with Crippen molar-refractivity contribution in [1.82, 2.24) is 10.8 Å². The van der Waals surface area contributed by atoms with Crippen molar-refractivity contribution in [3.63, 3.8) is 0 Å². The molecule has 0 unspecified atom stereocenters. The maximum absolute atomic E-state index is 11.0. The molecule has 0 aliphatic rings. The van der Waals surface area contributed by atoms with Crippen LogP contribution in [0, 0.1) is 0 Å². The fourth-order valence-corrected chi connectivity index (χ4v) is 2.58. The highest BCUT2D eigenvalue weighted by Crippen LogP contribution is 2.08. The first kappa shape index (κ1) is 19.7.